The highest BCUT2D eigenvalue weighted by Crippen LogP contribution is 2.70. The van der Waals surface area contributed by atoms with Gasteiger partial charge in [0.25, 0.3) is 46.9 Å². The van der Waals surface area contributed by atoms with E-state index in [0.29, 0.717) is 19.4 Å². The van der Waals surface area contributed by atoms with E-state index in [1.807, 2.05) is 0 Å². The van der Waals surface area contributed by atoms with E-state index in [1.165, 1.54) is 6.92 Å². The molecule has 0 amide bonds. The lowest BCUT2D eigenvalue weighted by atomic mass is 10.1. The zero-order valence-corrected chi connectivity index (χ0v) is 29.9. The Balaban J connectivity index is 2.48. The summed E-state index contributed by atoms with van der Waals surface area (Å²) in [7, 11) is -38.5. The summed E-state index contributed by atoms with van der Waals surface area (Å²) in [5.74, 6) is 0. The summed E-state index contributed by atoms with van der Waals surface area (Å²) in [4.78, 5) is 73.0. The number of phosphoric acid groups is 6. The molecule has 0 aromatic rings. The quantitative estimate of drug-likeness (QED) is 0.0423. The molecule has 7 unspecified atom stereocenters. The van der Waals surface area contributed by atoms with E-state index in [4.69, 9.17) is 10.3 Å². The van der Waals surface area contributed by atoms with Gasteiger partial charge in [-0.15, -0.1) is 0 Å². The van der Waals surface area contributed by atoms with Crippen LogP contribution >= 0.6 is 46.9 Å². The summed E-state index contributed by atoms with van der Waals surface area (Å²) in [6.45, 7) is 0.366. The summed E-state index contributed by atoms with van der Waals surface area (Å²) in [6.07, 6.45) is 3.57. The highest BCUT2D eigenvalue weighted by Gasteiger charge is 2.35. The van der Waals surface area contributed by atoms with Gasteiger partial charge < -0.3 is 48.3 Å². The van der Waals surface area contributed by atoms with Gasteiger partial charge in [0.1, 0.15) is 6.10 Å². The smallest absolute Gasteiger partial charge is 0.280 e. The molecule has 1 N–H and O–H groups in total. The van der Waals surface area contributed by atoms with Gasteiger partial charge in [0.2, 0.25) is 0 Å². The molecule has 0 aromatic heterocycles. The Labute approximate surface area is 268 Å². The third-order valence-electron chi connectivity index (χ3n) is 5.52. The number of unbranched alkanes of at least 4 members (excludes halogenated alkanes) is 8. The van der Waals surface area contributed by atoms with Crippen LogP contribution in [0.3, 0.4) is 0 Å². The second-order valence-electron chi connectivity index (χ2n) is 9.65. The third-order valence-corrected chi connectivity index (χ3v) is 14.5. The van der Waals surface area contributed by atoms with Crippen LogP contribution in [-0.4, -0.2) is 43.2 Å². The standard InChI is InChI=1S/C17H39N3O21P6/c1-15-13-16(21)17(36-15)14-35-43(24,25)38-45(28,29)40-47(32,33)41-46(30,31)39-44(26,27)37-42(22,23)34-12-10-8-6-4-2-3-5-7-9-11-19-20-18/h15-17,21H,2-14H2,1H3,(H,22,23)(H,24,25)(H,26,27)(H,28,29)(H,30,31)(H,32,33)/p-6/t15-,16?,17+/m0/s1. The molecule has 0 aliphatic carbocycles. The predicted molar refractivity (Wildman–Crippen MR) is 143 cm³/mol. The molecule has 9 atom stereocenters. The van der Waals surface area contributed by atoms with Gasteiger partial charge in [0, 0.05) is 17.9 Å². The van der Waals surface area contributed by atoms with Gasteiger partial charge in [-0.3, -0.25) is 27.4 Å². The minimum Gasteiger partial charge on any atom is -0.756 e. The second kappa shape index (κ2) is 20.2. The summed E-state index contributed by atoms with van der Waals surface area (Å²) in [5, 5.41) is 13.1. The molecule has 1 aliphatic heterocycles. The molecule has 1 heterocycles. The van der Waals surface area contributed by atoms with E-state index in [1.54, 1.807) is 0 Å². The minimum absolute atomic E-state index is 0.0712. The maximum absolute atomic E-state index is 11.8. The van der Waals surface area contributed by atoms with Crippen LogP contribution in [0.15, 0.2) is 5.11 Å². The van der Waals surface area contributed by atoms with Crippen molar-refractivity contribution >= 4 is 46.9 Å². The zero-order valence-electron chi connectivity index (χ0n) is 24.6. The number of phosphoric ester groups is 2. The van der Waals surface area contributed by atoms with Gasteiger partial charge >= 0.3 is 0 Å². The summed E-state index contributed by atoms with van der Waals surface area (Å²) < 4.78 is 101. The minimum atomic E-state index is -6.80. The van der Waals surface area contributed by atoms with Gasteiger partial charge in [-0.25, -0.2) is 21.6 Å². The third kappa shape index (κ3) is 21.8. The van der Waals surface area contributed by atoms with E-state index in [0.717, 1.165) is 38.5 Å². The molecule has 0 bridgehead atoms. The van der Waals surface area contributed by atoms with Crippen molar-refractivity contribution in [3.05, 3.63) is 10.4 Å². The van der Waals surface area contributed by atoms with Gasteiger partial charge in [0.15, 0.2) is 0 Å². The van der Waals surface area contributed by atoms with E-state index in [2.05, 4.69) is 40.6 Å². The Kier molecular flexibility index (Phi) is 19.4. The van der Waals surface area contributed by atoms with Gasteiger partial charge in [-0.1, -0.05) is 50.1 Å². The molecule has 47 heavy (non-hydrogen) atoms. The molecule has 1 rings (SSSR count). The van der Waals surface area contributed by atoms with Crippen molar-refractivity contribution in [2.45, 2.75) is 89.4 Å². The molecule has 0 aromatic carbocycles. The predicted octanol–water partition coefficient (Wildman–Crippen LogP) is 1.27. The van der Waals surface area contributed by atoms with Gasteiger partial charge in [-0.05, 0) is 25.3 Å². The Morgan fingerprint density at radius 1 is 0.681 bits per heavy atom. The van der Waals surface area contributed by atoms with Crippen molar-refractivity contribution in [3.63, 3.8) is 0 Å². The molecule has 0 saturated carbocycles. The van der Waals surface area contributed by atoms with Crippen LogP contribution in [-0.2, 0) is 62.7 Å². The van der Waals surface area contributed by atoms with Crippen LogP contribution < -0.4 is 29.4 Å². The molecule has 1 aliphatic rings. The number of ether oxygens (including phenoxy) is 1. The van der Waals surface area contributed by atoms with Gasteiger partial charge in [-0.2, -0.15) is 0 Å². The monoisotopic (exact) mass is 801 g/mol. The average molecular weight is 801 g/mol. The van der Waals surface area contributed by atoms with Crippen molar-refractivity contribution in [3.8, 4) is 0 Å². The lowest BCUT2D eigenvalue weighted by Gasteiger charge is -2.38. The number of hydrogen-bond donors (Lipinski definition) is 1. The SMILES string of the molecule is C[C@H]1CC(O)[C@@H](COP(=O)([O-])OP(=O)([O-])OP(=O)([O-])OP(=O)([O-])OP(=O)([O-])OP(=O)([O-])OCCCCCCCCCCCN=[N+]=[N-])O1. The first-order valence-corrected chi connectivity index (χ1v) is 22.3. The summed E-state index contributed by atoms with van der Waals surface area (Å²) in [6, 6.07) is 0. The lowest BCUT2D eigenvalue weighted by molar-refractivity contribution is -0.256. The molecular weight excluding hydrogens is 768 g/mol. The first-order chi connectivity index (χ1) is 21.5. The van der Waals surface area contributed by atoms with Crippen LogP contribution in [0, 0.1) is 0 Å². The number of aliphatic hydroxyl groups excluding tert-OH is 1. The maximum Gasteiger partial charge on any atom is 0.280 e. The fourth-order valence-electron chi connectivity index (χ4n) is 3.71. The number of aliphatic hydroxyl groups is 1. The molecule has 30 heteroatoms. The van der Waals surface area contributed by atoms with Crippen LogP contribution in [0.2, 0.25) is 0 Å². The second-order valence-corrected chi connectivity index (χ2v) is 18.8. The number of nitrogens with zero attached hydrogens (tertiary/aromatic N) is 3. The zero-order chi connectivity index (χ0) is 36.0. The van der Waals surface area contributed by atoms with E-state index < -0.39 is 78.5 Å². The fraction of sp³-hybridized carbons (Fsp3) is 1.00. The normalized spacial score (nSPS) is 26.1. The number of hydrogen-bond acceptors (Lipinski definition) is 22. The molecule has 0 spiro atoms. The van der Waals surface area contributed by atoms with Crippen LogP contribution in [0.1, 0.15) is 71.1 Å². The van der Waals surface area contributed by atoms with Crippen molar-refractivity contribution in [1.82, 2.24) is 0 Å². The van der Waals surface area contributed by atoms with E-state index >= 15 is 0 Å². The Morgan fingerprint density at radius 3 is 1.47 bits per heavy atom. The van der Waals surface area contributed by atoms with Crippen LogP contribution in [0.5, 0.6) is 0 Å². The topological polar surface area (TPSA) is 384 Å². The number of rotatable bonds is 26. The fourth-order valence-corrected chi connectivity index (χ4v) is 11.2. The first-order valence-electron chi connectivity index (χ1n) is 13.5. The van der Waals surface area contributed by atoms with Crippen molar-refractivity contribution in [2.75, 3.05) is 19.8 Å². The highest BCUT2D eigenvalue weighted by atomic mass is 31.3. The molecule has 1 saturated heterocycles. The molecule has 24 nitrogen and oxygen atoms in total. The summed E-state index contributed by atoms with van der Waals surface area (Å²) in [5.41, 5.74) is 8.18. The molecular formula is C17H33N3O21P6-6. The lowest BCUT2D eigenvalue weighted by Crippen LogP contribution is -2.27. The molecule has 278 valence electrons. The summed E-state index contributed by atoms with van der Waals surface area (Å²) >= 11 is 0. The van der Waals surface area contributed by atoms with Gasteiger partial charge in [0.05, 0.1) is 25.4 Å². The largest absolute Gasteiger partial charge is 0.756 e. The van der Waals surface area contributed by atoms with Crippen LogP contribution in [0.4, 0.5) is 0 Å². The average Bonchev–Trinajstić information content (AvgIpc) is 3.18. The first kappa shape index (κ1) is 45.1. The van der Waals surface area contributed by atoms with Crippen LogP contribution in [0.25, 0.3) is 10.4 Å². The highest BCUT2D eigenvalue weighted by molar-refractivity contribution is 7.71. The number of azide groups is 1. The van der Waals surface area contributed by atoms with E-state index in [9.17, 15) is 61.9 Å². The van der Waals surface area contributed by atoms with Crippen molar-refractivity contribution < 1.29 is 97.2 Å². The van der Waals surface area contributed by atoms with Crippen molar-refractivity contribution in [1.29, 1.82) is 0 Å². The Bertz CT molecular complexity index is 1330. The maximum atomic E-state index is 11.8. The van der Waals surface area contributed by atoms with E-state index in [-0.39, 0.29) is 12.8 Å². The Hall–Kier alpha value is 0.0900. The molecule has 1 fully saturated rings. The molecule has 0 radical (unpaired) electrons. The Morgan fingerprint density at radius 2 is 1.06 bits per heavy atom. The van der Waals surface area contributed by atoms with Crippen molar-refractivity contribution in [2.24, 2.45) is 5.11 Å².